The molecule has 3 saturated heterocycles. The SMILES string of the molecule is C[C@@H]1[C@H](CN2CC3(C)CC2CC(C)(C)C3)O[C@H](c2ccc(-c3ccccc3CNC(=O)[C@@H]3CCCN3C(=O)C(F)(F)F)cc2)O[C@@H]1c1ccc(CO)cc1. The van der Waals surface area contributed by atoms with Crippen molar-refractivity contribution in [2.75, 3.05) is 19.6 Å². The van der Waals surface area contributed by atoms with E-state index in [4.69, 9.17) is 9.47 Å². The molecule has 7 atom stereocenters. The highest BCUT2D eigenvalue weighted by Gasteiger charge is 2.51. The second-order valence-corrected chi connectivity index (χ2v) is 17.1. The second kappa shape index (κ2) is 15.0. The van der Waals surface area contributed by atoms with Gasteiger partial charge in [-0.3, -0.25) is 14.5 Å². The minimum absolute atomic E-state index is 0.0227. The van der Waals surface area contributed by atoms with Gasteiger partial charge in [0.05, 0.1) is 18.8 Å². The van der Waals surface area contributed by atoms with Crippen molar-refractivity contribution in [2.45, 2.75) is 110 Å². The van der Waals surface area contributed by atoms with E-state index in [-0.39, 0.29) is 44.2 Å². The topological polar surface area (TPSA) is 91.3 Å². The largest absolute Gasteiger partial charge is 0.471 e. The summed E-state index contributed by atoms with van der Waals surface area (Å²) in [5.74, 6) is -2.50. The minimum Gasteiger partial charge on any atom is -0.392 e. The average Bonchev–Trinajstić information content (AvgIpc) is 3.72. The summed E-state index contributed by atoms with van der Waals surface area (Å²) < 4.78 is 53.1. The van der Waals surface area contributed by atoms with Crippen molar-refractivity contribution in [1.82, 2.24) is 15.1 Å². The molecule has 3 aliphatic heterocycles. The number of benzene rings is 3. The van der Waals surface area contributed by atoms with Crippen molar-refractivity contribution < 1.29 is 37.3 Å². The molecule has 54 heavy (non-hydrogen) atoms. The van der Waals surface area contributed by atoms with Gasteiger partial charge in [0, 0.05) is 43.7 Å². The van der Waals surface area contributed by atoms with Crippen LogP contribution >= 0.6 is 0 Å². The van der Waals surface area contributed by atoms with Crippen molar-refractivity contribution in [2.24, 2.45) is 16.7 Å². The second-order valence-electron chi connectivity index (χ2n) is 17.1. The summed E-state index contributed by atoms with van der Waals surface area (Å²) in [6.45, 7) is 11.3. The highest BCUT2D eigenvalue weighted by molar-refractivity contribution is 5.90. The molecule has 11 heteroatoms. The number of aliphatic hydroxyl groups excluding tert-OH is 1. The molecule has 0 aromatic heterocycles. The molecule has 3 aromatic rings. The number of ether oxygens (including phenoxy) is 2. The highest BCUT2D eigenvalue weighted by Crippen LogP contribution is 2.53. The summed E-state index contributed by atoms with van der Waals surface area (Å²) in [4.78, 5) is 28.2. The van der Waals surface area contributed by atoms with Crippen LogP contribution < -0.4 is 5.32 Å². The first-order valence-corrected chi connectivity index (χ1v) is 19.2. The molecule has 8 nitrogen and oxygen atoms in total. The van der Waals surface area contributed by atoms with Gasteiger partial charge in [-0.05, 0) is 70.8 Å². The number of alkyl halides is 3. The maximum absolute atomic E-state index is 13.1. The lowest BCUT2D eigenvalue weighted by Gasteiger charge is -2.43. The number of halogens is 3. The fourth-order valence-corrected chi connectivity index (χ4v) is 9.87. The average molecular weight is 748 g/mol. The normalized spacial score (nSPS) is 29.7. The Balaban J connectivity index is 1.08. The van der Waals surface area contributed by atoms with Crippen molar-refractivity contribution in [3.05, 3.63) is 95.1 Å². The Morgan fingerprint density at radius 2 is 1.65 bits per heavy atom. The first-order chi connectivity index (χ1) is 25.6. The van der Waals surface area contributed by atoms with E-state index >= 15 is 0 Å². The Bertz CT molecular complexity index is 1820. The van der Waals surface area contributed by atoms with E-state index < -0.39 is 30.3 Å². The van der Waals surface area contributed by atoms with Gasteiger partial charge in [0.25, 0.3) is 0 Å². The molecule has 290 valence electrons. The first-order valence-electron chi connectivity index (χ1n) is 19.2. The summed E-state index contributed by atoms with van der Waals surface area (Å²) in [7, 11) is 0. The molecule has 1 saturated carbocycles. The molecule has 4 fully saturated rings. The van der Waals surface area contributed by atoms with Gasteiger partial charge in [-0.1, -0.05) is 100 Å². The van der Waals surface area contributed by atoms with Gasteiger partial charge in [-0.15, -0.1) is 0 Å². The molecular formula is C43H52F3N3O5. The van der Waals surface area contributed by atoms with Crippen LogP contribution in [-0.2, 0) is 32.2 Å². The lowest BCUT2D eigenvalue weighted by molar-refractivity contribution is -0.276. The molecule has 3 aromatic carbocycles. The number of nitrogens with one attached hydrogen (secondary N) is 1. The fraction of sp³-hybridized carbons (Fsp3) is 0.535. The quantitative estimate of drug-likeness (QED) is 0.233. The minimum atomic E-state index is -5.02. The van der Waals surface area contributed by atoms with Crippen LogP contribution in [0.1, 0.15) is 94.4 Å². The number of carbonyl (C=O) groups excluding carboxylic acids is 2. The van der Waals surface area contributed by atoms with E-state index in [1.165, 1.54) is 19.3 Å². The Morgan fingerprint density at radius 1 is 0.944 bits per heavy atom. The van der Waals surface area contributed by atoms with Crippen LogP contribution in [0.5, 0.6) is 0 Å². The summed E-state index contributed by atoms with van der Waals surface area (Å²) in [6.07, 6.45) is -1.79. The monoisotopic (exact) mass is 747 g/mol. The molecule has 2 unspecified atom stereocenters. The zero-order chi connectivity index (χ0) is 38.4. The lowest BCUT2D eigenvalue weighted by Crippen LogP contribution is -2.50. The third kappa shape index (κ3) is 8.10. The van der Waals surface area contributed by atoms with E-state index in [1.54, 1.807) is 0 Å². The third-order valence-electron chi connectivity index (χ3n) is 12.1. The lowest BCUT2D eigenvalue weighted by atomic mass is 9.65. The molecule has 0 radical (unpaired) electrons. The molecule has 1 aliphatic carbocycles. The molecule has 7 rings (SSSR count). The van der Waals surface area contributed by atoms with E-state index in [2.05, 4.69) is 37.9 Å². The Kier molecular flexibility index (Phi) is 10.7. The molecule has 2 bridgehead atoms. The van der Waals surface area contributed by atoms with Crippen molar-refractivity contribution >= 4 is 11.8 Å². The van der Waals surface area contributed by atoms with Gasteiger partial charge in [-0.2, -0.15) is 13.2 Å². The number of likely N-dealkylation sites (tertiary alicyclic amines) is 2. The summed E-state index contributed by atoms with van der Waals surface area (Å²) in [5, 5.41) is 12.4. The molecule has 0 spiro atoms. The van der Waals surface area contributed by atoms with Gasteiger partial charge in [0.15, 0.2) is 6.29 Å². The summed E-state index contributed by atoms with van der Waals surface area (Å²) >= 11 is 0. The van der Waals surface area contributed by atoms with E-state index in [9.17, 15) is 27.9 Å². The molecule has 2 amide bonds. The number of rotatable bonds is 9. The van der Waals surface area contributed by atoms with Crippen LogP contribution in [0.15, 0.2) is 72.8 Å². The highest BCUT2D eigenvalue weighted by atomic mass is 19.4. The van der Waals surface area contributed by atoms with Gasteiger partial charge >= 0.3 is 12.1 Å². The molecule has 2 N–H and O–H groups in total. The zero-order valence-electron chi connectivity index (χ0n) is 31.6. The van der Waals surface area contributed by atoms with E-state index in [1.807, 2.05) is 72.8 Å². The summed E-state index contributed by atoms with van der Waals surface area (Å²) in [6, 6.07) is 22.9. The maximum Gasteiger partial charge on any atom is 0.471 e. The predicted octanol–water partition coefficient (Wildman–Crippen LogP) is 7.71. The summed E-state index contributed by atoms with van der Waals surface area (Å²) in [5.41, 5.74) is 5.95. The van der Waals surface area contributed by atoms with Gasteiger partial charge in [0.2, 0.25) is 5.91 Å². The van der Waals surface area contributed by atoms with E-state index in [0.717, 1.165) is 46.5 Å². The fourth-order valence-electron chi connectivity index (χ4n) is 9.87. The van der Waals surface area contributed by atoms with Crippen LogP contribution in [0.2, 0.25) is 0 Å². The number of carbonyl (C=O) groups is 2. The Labute approximate surface area is 316 Å². The van der Waals surface area contributed by atoms with Crippen molar-refractivity contribution in [1.29, 1.82) is 0 Å². The molecule has 4 aliphatic rings. The predicted molar refractivity (Wildman–Crippen MR) is 199 cm³/mol. The Morgan fingerprint density at radius 3 is 2.35 bits per heavy atom. The van der Waals surface area contributed by atoms with E-state index in [0.29, 0.717) is 28.2 Å². The van der Waals surface area contributed by atoms with Gasteiger partial charge in [0.1, 0.15) is 6.04 Å². The number of fused-ring (bicyclic) bond motifs is 2. The van der Waals surface area contributed by atoms with Crippen LogP contribution in [0, 0.1) is 16.7 Å². The number of nitrogens with zero attached hydrogens (tertiary/aromatic N) is 2. The third-order valence-corrected chi connectivity index (χ3v) is 12.1. The standard InChI is InChI=1S/C43H52F3N3O5/c1-27-36(23-48-26-42(4)21-33(48)20-41(2,3)25-42)53-39(54-37(27)30-13-11-28(24-50)12-14-30)31-17-15-29(16-18-31)34-9-6-5-8-32(34)22-47-38(51)35-10-7-19-49(35)40(52)43(44,45)46/h5-6,8-9,11-18,27,33,35-37,39,50H,7,10,19-26H2,1-4H3,(H,47,51)/t27-,33?,35+,36+,37+,39+,42?/m1/s1. The van der Waals surface area contributed by atoms with Crippen LogP contribution in [-0.4, -0.2) is 70.7 Å². The van der Waals surface area contributed by atoms with Gasteiger partial charge in [-0.25, -0.2) is 0 Å². The van der Waals surface area contributed by atoms with Crippen molar-refractivity contribution in [3.63, 3.8) is 0 Å². The Hall–Kier alpha value is -3.77. The van der Waals surface area contributed by atoms with Gasteiger partial charge < -0.3 is 24.8 Å². The van der Waals surface area contributed by atoms with Crippen LogP contribution in [0.3, 0.4) is 0 Å². The maximum atomic E-state index is 13.1. The molecular weight excluding hydrogens is 695 g/mol. The molecule has 3 heterocycles. The smallest absolute Gasteiger partial charge is 0.392 e. The van der Waals surface area contributed by atoms with Crippen LogP contribution in [0.25, 0.3) is 11.1 Å². The number of hydrogen-bond acceptors (Lipinski definition) is 6. The van der Waals surface area contributed by atoms with Crippen LogP contribution in [0.4, 0.5) is 13.2 Å². The zero-order valence-corrected chi connectivity index (χ0v) is 31.6. The number of hydrogen-bond donors (Lipinski definition) is 2. The number of amides is 2. The first kappa shape index (κ1) is 38.5. The van der Waals surface area contributed by atoms with Crippen molar-refractivity contribution in [3.8, 4) is 11.1 Å². The number of aliphatic hydroxyl groups is 1.